The predicted octanol–water partition coefficient (Wildman–Crippen LogP) is 4.01. The number of rotatable bonds is 9. The number of anilines is 2. The second-order valence-corrected chi connectivity index (χ2v) is 7.38. The minimum atomic E-state index is -4.61. The molecule has 0 heterocycles. The normalized spacial score (nSPS) is 11.5. The number of para-hydroxylation sites is 2. The van der Waals surface area contributed by atoms with Gasteiger partial charge in [0, 0.05) is 25.3 Å². The van der Waals surface area contributed by atoms with E-state index in [1.165, 1.54) is 18.2 Å². The van der Waals surface area contributed by atoms with E-state index in [4.69, 9.17) is 0 Å². The van der Waals surface area contributed by atoms with Crippen LogP contribution in [0.5, 0.6) is 0 Å². The average Bonchev–Trinajstić information content (AvgIpc) is 2.62. The van der Waals surface area contributed by atoms with Crippen LogP contribution in [0.25, 0.3) is 0 Å². The van der Waals surface area contributed by atoms with Gasteiger partial charge in [0.25, 0.3) is 0 Å². The van der Waals surface area contributed by atoms with Crippen molar-refractivity contribution >= 4 is 21.2 Å². The molecule has 0 saturated heterocycles. The highest BCUT2D eigenvalue weighted by Crippen LogP contribution is 2.26. The Kier molecular flexibility index (Phi) is 6.75. The molecule has 0 bridgehead atoms. The standard InChI is InChI=1S/C18H22F2N2O2S/c1-2-22(15-9-4-3-5-10-15)14-8-13-21-16-11-6-7-12-17(16)25(23,24)18(19)20/h3-7,9-12,18,21H,2,8,13-14H2,1H3. The van der Waals surface area contributed by atoms with Crippen LogP contribution in [0.2, 0.25) is 0 Å². The van der Waals surface area contributed by atoms with Gasteiger partial charge in [-0.15, -0.1) is 0 Å². The first kappa shape index (κ1) is 19.2. The third-order valence-electron chi connectivity index (χ3n) is 3.85. The van der Waals surface area contributed by atoms with E-state index in [1.807, 2.05) is 30.3 Å². The van der Waals surface area contributed by atoms with Gasteiger partial charge in [-0.25, -0.2) is 8.42 Å². The highest BCUT2D eigenvalue weighted by Gasteiger charge is 2.28. The van der Waals surface area contributed by atoms with Crippen LogP contribution in [-0.2, 0) is 9.84 Å². The maximum atomic E-state index is 12.8. The van der Waals surface area contributed by atoms with E-state index < -0.39 is 15.6 Å². The van der Waals surface area contributed by atoms with E-state index in [9.17, 15) is 17.2 Å². The van der Waals surface area contributed by atoms with Gasteiger partial charge in [0.05, 0.1) is 10.6 Å². The summed E-state index contributed by atoms with van der Waals surface area (Å²) in [5.74, 6) is -3.43. The molecule has 0 aliphatic carbocycles. The zero-order valence-corrected chi connectivity index (χ0v) is 14.8. The number of benzene rings is 2. The Morgan fingerprint density at radius 2 is 1.68 bits per heavy atom. The molecule has 7 heteroatoms. The summed E-state index contributed by atoms with van der Waals surface area (Å²) in [6, 6.07) is 15.7. The van der Waals surface area contributed by atoms with Crippen LogP contribution in [-0.4, -0.2) is 33.8 Å². The van der Waals surface area contributed by atoms with Crippen molar-refractivity contribution in [1.29, 1.82) is 0 Å². The summed E-state index contributed by atoms with van der Waals surface area (Å²) in [4.78, 5) is 1.84. The van der Waals surface area contributed by atoms with Crippen molar-refractivity contribution < 1.29 is 17.2 Å². The highest BCUT2D eigenvalue weighted by molar-refractivity contribution is 7.91. The summed E-state index contributed by atoms with van der Waals surface area (Å²) in [6.45, 7) is 4.17. The van der Waals surface area contributed by atoms with E-state index in [-0.39, 0.29) is 10.6 Å². The summed E-state index contributed by atoms with van der Waals surface area (Å²) in [6.07, 6.45) is 0.742. The Balaban J connectivity index is 1.97. The van der Waals surface area contributed by atoms with Gasteiger partial charge in [-0.3, -0.25) is 0 Å². The first-order chi connectivity index (χ1) is 12.0. The van der Waals surface area contributed by atoms with Crippen LogP contribution >= 0.6 is 0 Å². The number of nitrogens with one attached hydrogen (secondary N) is 1. The topological polar surface area (TPSA) is 49.4 Å². The SMILES string of the molecule is CCN(CCCNc1ccccc1S(=O)(=O)C(F)F)c1ccccc1. The zero-order chi connectivity index (χ0) is 18.3. The van der Waals surface area contributed by atoms with E-state index in [1.54, 1.807) is 6.07 Å². The molecule has 0 spiro atoms. The third kappa shape index (κ3) is 4.92. The molecule has 0 amide bonds. The lowest BCUT2D eigenvalue weighted by Gasteiger charge is -2.23. The summed E-state index contributed by atoms with van der Waals surface area (Å²) in [7, 11) is -4.61. The molecule has 0 unspecified atom stereocenters. The van der Waals surface area contributed by atoms with E-state index >= 15 is 0 Å². The highest BCUT2D eigenvalue weighted by atomic mass is 32.2. The summed E-state index contributed by atoms with van der Waals surface area (Å²) < 4.78 is 49.0. The maximum Gasteiger partial charge on any atom is 0.341 e. The molecule has 0 aliphatic heterocycles. The second-order valence-electron chi connectivity index (χ2n) is 5.50. The monoisotopic (exact) mass is 368 g/mol. The fourth-order valence-electron chi connectivity index (χ4n) is 2.56. The van der Waals surface area contributed by atoms with Gasteiger partial charge in [0.2, 0.25) is 9.84 Å². The number of nitrogens with zero attached hydrogens (tertiary/aromatic N) is 1. The molecule has 25 heavy (non-hydrogen) atoms. The Labute approximate surface area is 147 Å². The Hall–Kier alpha value is -2.15. The minimum absolute atomic E-state index is 0.213. The molecule has 0 fully saturated rings. The fraction of sp³-hybridized carbons (Fsp3) is 0.333. The summed E-state index contributed by atoms with van der Waals surface area (Å²) in [5, 5.41) is 2.97. The molecule has 0 aliphatic rings. The number of hydrogen-bond donors (Lipinski definition) is 1. The minimum Gasteiger partial charge on any atom is -0.384 e. The average molecular weight is 368 g/mol. The third-order valence-corrected chi connectivity index (χ3v) is 5.29. The summed E-state index contributed by atoms with van der Waals surface area (Å²) in [5.41, 5.74) is 1.33. The molecule has 4 nitrogen and oxygen atoms in total. The molecule has 1 N–H and O–H groups in total. The molecule has 2 rings (SSSR count). The molecule has 0 saturated carbocycles. The first-order valence-corrected chi connectivity index (χ1v) is 9.66. The second kappa shape index (κ2) is 8.80. The molecule has 136 valence electrons. The maximum absolute atomic E-state index is 12.8. The molecule has 0 aromatic heterocycles. The summed E-state index contributed by atoms with van der Waals surface area (Å²) >= 11 is 0. The molecule has 0 atom stereocenters. The van der Waals surface area contributed by atoms with Crippen LogP contribution in [0.3, 0.4) is 0 Å². The fourth-order valence-corrected chi connectivity index (χ4v) is 3.47. The van der Waals surface area contributed by atoms with Gasteiger partial charge < -0.3 is 10.2 Å². The van der Waals surface area contributed by atoms with Gasteiger partial charge in [-0.1, -0.05) is 30.3 Å². The number of halogens is 2. The van der Waals surface area contributed by atoms with E-state index in [2.05, 4.69) is 17.1 Å². The van der Waals surface area contributed by atoms with Crippen LogP contribution in [0, 0.1) is 0 Å². The van der Waals surface area contributed by atoms with Gasteiger partial charge in [0.1, 0.15) is 0 Å². The van der Waals surface area contributed by atoms with E-state index in [0.29, 0.717) is 6.54 Å². The van der Waals surface area contributed by atoms with Crippen molar-refractivity contribution in [2.45, 2.75) is 24.0 Å². The van der Waals surface area contributed by atoms with Crippen LogP contribution in [0.1, 0.15) is 13.3 Å². The molecule has 2 aromatic carbocycles. The quantitative estimate of drug-likeness (QED) is 0.680. The smallest absolute Gasteiger partial charge is 0.341 e. The largest absolute Gasteiger partial charge is 0.384 e. The number of hydrogen-bond acceptors (Lipinski definition) is 4. The molecule has 2 aromatic rings. The van der Waals surface area contributed by atoms with Gasteiger partial charge in [-0.2, -0.15) is 8.78 Å². The van der Waals surface area contributed by atoms with Crippen LogP contribution in [0.4, 0.5) is 20.2 Å². The first-order valence-electron chi connectivity index (χ1n) is 8.11. The number of alkyl halides is 2. The zero-order valence-electron chi connectivity index (χ0n) is 14.0. The van der Waals surface area contributed by atoms with Gasteiger partial charge in [-0.05, 0) is 37.6 Å². The van der Waals surface area contributed by atoms with E-state index in [0.717, 1.165) is 25.2 Å². The van der Waals surface area contributed by atoms with Crippen LogP contribution in [0.15, 0.2) is 59.5 Å². The number of sulfone groups is 1. The van der Waals surface area contributed by atoms with Crippen molar-refractivity contribution in [2.75, 3.05) is 29.9 Å². The van der Waals surface area contributed by atoms with Crippen molar-refractivity contribution in [2.24, 2.45) is 0 Å². The molecular formula is C18H22F2N2O2S. The van der Waals surface area contributed by atoms with Crippen molar-refractivity contribution in [3.63, 3.8) is 0 Å². The molecule has 0 radical (unpaired) electrons. The molecular weight excluding hydrogens is 346 g/mol. The lowest BCUT2D eigenvalue weighted by molar-refractivity contribution is 0.235. The predicted molar refractivity (Wildman–Crippen MR) is 97.1 cm³/mol. The Morgan fingerprint density at radius 3 is 2.32 bits per heavy atom. The van der Waals surface area contributed by atoms with Crippen molar-refractivity contribution in [3.8, 4) is 0 Å². The van der Waals surface area contributed by atoms with Gasteiger partial charge >= 0.3 is 5.76 Å². The Morgan fingerprint density at radius 1 is 1.04 bits per heavy atom. The van der Waals surface area contributed by atoms with Crippen LogP contribution < -0.4 is 10.2 Å². The van der Waals surface area contributed by atoms with Crippen molar-refractivity contribution in [1.82, 2.24) is 0 Å². The lowest BCUT2D eigenvalue weighted by atomic mass is 10.2. The van der Waals surface area contributed by atoms with Crippen molar-refractivity contribution in [3.05, 3.63) is 54.6 Å². The Bertz CT molecular complexity index is 768. The van der Waals surface area contributed by atoms with Gasteiger partial charge in [0.15, 0.2) is 0 Å². The lowest BCUT2D eigenvalue weighted by Crippen LogP contribution is -2.25.